The number of nitrogens with zero attached hydrogens (tertiary/aromatic N) is 1. The van der Waals surface area contributed by atoms with Gasteiger partial charge in [0.25, 0.3) is 11.8 Å². The molecular weight excluding hydrogens is 464 g/mol. The maximum absolute atomic E-state index is 13.5. The van der Waals surface area contributed by atoms with Gasteiger partial charge >= 0.3 is 0 Å². The molecule has 0 aromatic heterocycles. The number of nitrogens with one attached hydrogen (secondary N) is 1. The van der Waals surface area contributed by atoms with Crippen LogP contribution in [0.3, 0.4) is 0 Å². The Morgan fingerprint density at radius 2 is 1.79 bits per heavy atom. The summed E-state index contributed by atoms with van der Waals surface area (Å²) < 4.78 is 0. The number of rotatable bonds is 5. The van der Waals surface area contributed by atoms with Crippen LogP contribution in [0.25, 0.3) is 6.08 Å². The van der Waals surface area contributed by atoms with E-state index in [1.54, 1.807) is 4.90 Å². The number of halogens is 1. The van der Waals surface area contributed by atoms with Gasteiger partial charge in [-0.05, 0) is 66.4 Å². The molecule has 1 aliphatic carbocycles. The Morgan fingerprint density at radius 1 is 1.03 bits per heavy atom. The minimum Gasteiger partial charge on any atom is -0.349 e. The van der Waals surface area contributed by atoms with Crippen molar-refractivity contribution in [3.63, 3.8) is 0 Å². The lowest BCUT2D eigenvalue weighted by Gasteiger charge is -2.30. The van der Waals surface area contributed by atoms with Crippen molar-refractivity contribution >= 4 is 46.9 Å². The summed E-state index contributed by atoms with van der Waals surface area (Å²) in [7, 11) is 0. The number of fused-ring (bicyclic) bond motifs is 1. The highest BCUT2D eigenvalue weighted by Crippen LogP contribution is 2.42. The number of benzene rings is 3. The van der Waals surface area contributed by atoms with Crippen LogP contribution in [0.5, 0.6) is 0 Å². The van der Waals surface area contributed by atoms with Crippen LogP contribution in [0.4, 0.5) is 5.69 Å². The molecule has 1 aliphatic heterocycles. The molecule has 2 aliphatic rings. The Balaban J connectivity index is 1.38. The highest BCUT2D eigenvalue weighted by atomic mass is 35.5. The predicted octanol–water partition coefficient (Wildman–Crippen LogP) is 6.69. The third-order valence-electron chi connectivity index (χ3n) is 6.22. The standard InChI is InChI=1S/C28H25ClN2O2S/c29-22-7-5-6-20(16-22)18-31-24-10-3-4-11-25(24)34-26(28(31)33)17-19-12-14-21(15-13-19)27(32)30-23-8-1-2-9-23/h3-7,10-17,23H,1-2,8-9,18H2,(H,30,32)/b26-17+. The van der Waals surface area contributed by atoms with E-state index in [-0.39, 0.29) is 17.9 Å². The normalized spacial score (nSPS) is 17.1. The van der Waals surface area contributed by atoms with E-state index >= 15 is 0 Å². The molecule has 1 heterocycles. The molecule has 3 aromatic carbocycles. The first-order valence-corrected chi connectivity index (χ1v) is 12.7. The zero-order valence-corrected chi connectivity index (χ0v) is 20.2. The number of amides is 2. The maximum Gasteiger partial charge on any atom is 0.265 e. The molecular formula is C28H25ClN2O2S. The van der Waals surface area contributed by atoms with Crippen molar-refractivity contribution < 1.29 is 9.59 Å². The Hall–Kier alpha value is -3.02. The summed E-state index contributed by atoms with van der Waals surface area (Å²) in [6.07, 6.45) is 6.37. The molecule has 3 aromatic rings. The van der Waals surface area contributed by atoms with Crippen LogP contribution in [-0.4, -0.2) is 17.9 Å². The molecule has 4 nitrogen and oxygen atoms in total. The fourth-order valence-corrected chi connectivity index (χ4v) is 5.73. The summed E-state index contributed by atoms with van der Waals surface area (Å²) in [5.74, 6) is -0.0810. The van der Waals surface area contributed by atoms with Gasteiger partial charge in [-0.25, -0.2) is 0 Å². The second kappa shape index (κ2) is 10.1. The zero-order valence-electron chi connectivity index (χ0n) is 18.7. The SMILES string of the molecule is O=C(NC1CCCC1)c1ccc(/C=C2/Sc3ccccc3N(Cc3cccc(Cl)c3)C2=O)cc1. The molecule has 34 heavy (non-hydrogen) atoms. The molecule has 0 unspecified atom stereocenters. The summed E-state index contributed by atoms with van der Waals surface area (Å²) in [6.45, 7) is 0.439. The average Bonchev–Trinajstić information content (AvgIpc) is 3.35. The number of hydrogen-bond donors (Lipinski definition) is 1. The molecule has 0 bridgehead atoms. The van der Waals surface area contributed by atoms with Crippen LogP contribution in [0, 0.1) is 0 Å². The molecule has 1 fully saturated rings. The third kappa shape index (κ3) is 5.06. The van der Waals surface area contributed by atoms with Gasteiger partial charge in [0.2, 0.25) is 0 Å². The molecule has 172 valence electrons. The summed E-state index contributed by atoms with van der Waals surface area (Å²) in [4.78, 5) is 29.5. The van der Waals surface area contributed by atoms with E-state index in [1.165, 1.54) is 24.6 Å². The summed E-state index contributed by atoms with van der Waals surface area (Å²) >= 11 is 7.64. The number of carbonyl (C=O) groups is 2. The molecule has 0 saturated heterocycles. The Kier molecular flexibility index (Phi) is 6.75. The molecule has 1 N–H and O–H groups in total. The highest BCUT2D eigenvalue weighted by molar-refractivity contribution is 8.04. The summed E-state index contributed by atoms with van der Waals surface area (Å²) in [6, 6.07) is 23.2. The Morgan fingerprint density at radius 3 is 2.56 bits per heavy atom. The topological polar surface area (TPSA) is 49.4 Å². The van der Waals surface area contributed by atoms with E-state index in [0.717, 1.165) is 34.6 Å². The number of anilines is 1. The van der Waals surface area contributed by atoms with Gasteiger partial charge in [-0.3, -0.25) is 9.59 Å². The zero-order chi connectivity index (χ0) is 23.5. The summed E-state index contributed by atoms with van der Waals surface area (Å²) in [5.41, 5.74) is 3.40. The van der Waals surface area contributed by atoms with Gasteiger partial charge in [0.15, 0.2) is 0 Å². The smallest absolute Gasteiger partial charge is 0.265 e. The first kappa shape index (κ1) is 22.8. The van der Waals surface area contributed by atoms with Crippen LogP contribution >= 0.6 is 23.4 Å². The highest BCUT2D eigenvalue weighted by Gasteiger charge is 2.29. The maximum atomic E-state index is 13.5. The van der Waals surface area contributed by atoms with Gasteiger partial charge in [0.05, 0.1) is 17.1 Å². The second-order valence-corrected chi connectivity index (χ2v) is 10.2. The molecule has 5 rings (SSSR count). The van der Waals surface area contributed by atoms with Crippen LogP contribution < -0.4 is 10.2 Å². The van der Waals surface area contributed by atoms with E-state index in [1.807, 2.05) is 78.9 Å². The number of para-hydroxylation sites is 1. The molecule has 0 radical (unpaired) electrons. The van der Waals surface area contributed by atoms with Gasteiger partial charge in [0, 0.05) is 21.5 Å². The largest absolute Gasteiger partial charge is 0.349 e. The van der Waals surface area contributed by atoms with Crippen molar-refractivity contribution in [1.29, 1.82) is 0 Å². The van der Waals surface area contributed by atoms with Gasteiger partial charge in [0.1, 0.15) is 0 Å². The molecule has 6 heteroatoms. The van der Waals surface area contributed by atoms with Crippen molar-refractivity contribution in [3.05, 3.63) is 99.4 Å². The first-order valence-electron chi connectivity index (χ1n) is 11.5. The van der Waals surface area contributed by atoms with E-state index in [4.69, 9.17) is 11.6 Å². The van der Waals surface area contributed by atoms with E-state index in [0.29, 0.717) is 22.0 Å². The van der Waals surface area contributed by atoms with Crippen molar-refractivity contribution in [2.75, 3.05) is 4.90 Å². The number of carbonyl (C=O) groups excluding carboxylic acids is 2. The van der Waals surface area contributed by atoms with E-state index in [2.05, 4.69) is 5.32 Å². The van der Waals surface area contributed by atoms with Gasteiger partial charge in [-0.2, -0.15) is 0 Å². The van der Waals surface area contributed by atoms with Gasteiger partial charge in [-0.1, -0.05) is 72.6 Å². The average molecular weight is 489 g/mol. The second-order valence-electron chi connectivity index (χ2n) is 8.68. The third-order valence-corrected chi connectivity index (χ3v) is 7.54. The first-order chi connectivity index (χ1) is 16.6. The molecule has 0 spiro atoms. The Labute approximate surface area is 209 Å². The molecule has 2 amide bonds. The number of thioether (sulfide) groups is 1. The van der Waals surface area contributed by atoms with Crippen LogP contribution in [0.1, 0.15) is 47.2 Å². The van der Waals surface area contributed by atoms with Crippen LogP contribution in [0.2, 0.25) is 5.02 Å². The minimum absolute atomic E-state index is 0.0316. The van der Waals surface area contributed by atoms with Crippen molar-refractivity contribution in [3.8, 4) is 0 Å². The van der Waals surface area contributed by atoms with Crippen molar-refractivity contribution in [1.82, 2.24) is 5.32 Å². The summed E-state index contributed by atoms with van der Waals surface area (Å²) in [5, 5.41) is 3.77. The minimum atomic E-state index is -0.0493. The molecule has 1 saturated carbocycles. The predicted molar refractivity (Wildman–Crippen MR) is 139 cm³/mol. The fraction of sp³-hybridized carbons (Fsp3) is 0.214. The lowest BCUT2D eigenvalue weighted by atomic mass is 10.1. The van der Waals surface area contributed by atoms with Crippen LogP contribution in [0.15, 0.2) is 82.6 Å². The molecule has 0 atom stereocenters. The fourth-order valence-electron chi connectivity index (χ4n) is 4.46. The van der Waals surface area contributed by atoms with Crippen molar-refractivity contribution in [2.24, 2.45) is 0 Å². The van der Waals surface area contributed by atoms with E-state index in [9.17, 15) is 9.59 Å². The van der Waals surface area contributed by atoms with Gasteiger partial charge in [-0.15, -0.1) is 0 Å². The monoisotopic (exact) mass is 488 g/mol. The lowest BCUT2D eigenvalue weighted by Crippen LogP contribution is -2.33. The van der Waals surface area contributed by atoms with Gasteiger partial charge < -0.3 is 10.2 Å². The van der Waals surface area contributed by atoms with Crippen molar-refractivity contribution in [2.45, 2.75) is 43.2 Å². The van der Waals surface area contributed by atoms with Crippen LogP contribution in [-0.2, 0) is 11.3 Å². The van der Waals surface area contributed by atoms with E-state index < -0.39 is 0 Å². The number of hydrogen-bond acceptors (Lipinski definition) is 3. The quantitative estimate of drug-likeness (QED) is 0.407. The Bertz CT molecular complexity index is 1250. The lowest BCUT2D eigenvalue weighted by molar-refractivity contribution is -0.114.